The van der Waals surface area contributed by atoms with Gasteiger partial charge in [0.05, 0.1) is 25.3 Å². The van der Waals surface area contributed by atoms with Crippen molar-refractivity contribution in [3.63, 3.8) is 0 Å². The third-order valence-electron chi connectivity index (χ3n) is 2.79. The number of carbonyl (C=O) groups excluding carboxylic acids is 1. The minimum atomic E-state index is -0.447. The summed E-state index contributed by atoms with van der Waals surface area (Å²) in [5, 5.41) is 0. The molecule has 2 N–H and O–H groups in total. The maximum Gasteiger partial charge on any atom is 0.338 e. The molecular weight excluding hydrogens is 246 g/mol. The van der Waals surface area contributed by atoms with E-state index in [0.717, 1.165) is 5.52 Å². The minimum absolute atomic E-state index is 0.343. The second-order valence-corrected chi connectivity index (χ2v) is 3.91. The van der Waals surface area contributed by atoms with Crippen LogP contribution in [0.25, 0.3) is 11.0 Å². The standard InChI is InChI=1S/C13H15N3O3/c1-4-5-16-11-9(15-13(16)14)6-8(12(17)19-3)7-10(11)18-2/h4,6-7H,1,5H2,2-3H3,(H2,14,15). The fourth-order valence-corrected chi connectivity index (χ4v) is 1.95. The average Bonchev–Trinajstić information content (AvgIpc) is 2.73. The van der Waals surface area contributed by atoms with E-state index in [-0.39, 0.29) is 0 Å². The van der Waals surface area contributed by atoms with Crippen LogP contribution in [-0.4, -0.2) is 29.7 Å². The smallest absolute Gasteiger partial charge is 0.338 e. The Morgan fingerprint density at radius 1 is 1.53 bits per heavy atom. The van der Waals surface area contributed by atoms with Gasteiger partial charge in [-0.25, -0.2) is 9.78 Å². The Balaban J connectivity index is 2.73. The van der Waals surface area contributed by atoms with Crippen LogP contribution in [0, 0.1) is 0 Å². The lowest BCUT2D eigenvalue weighted by molar-refractivity contribution is 0.0600. The van der Waals surface area contributed by atoms with E-state index in [1.807, 2.05) is 0 Å². The summed E-state index contributed by atoms with van der Waals surface area (Å²) in [4.78, 5) is 15.8. The molecule has 0 amide bonds. The predicted octanol–water partition coefficient (Wildman–Crippen LogP) is 1.60. The van der Waals surface area contributed by atoms with E-state index >= 15 is 0 Å². The normalized spacial score (nSPS) is 10.4. The molecule has 19 heavy (non-hydrogen) atoms. The number of fused-ring (bicyclic) bond motifs is 1. The summed E-state index contributed by atoms with van der Waals surface area (Å²) >= 11 is 0. The van der Waals surface area contributed by atoms with Crippen LogP contribution in [0.4, 0.5) is 5.95 Å². The summed E-state index contributed by atoms with van der Waals surface area (Å²) in [6.45, 7) is 4.19. The Bertz CT molecular complexity index is 646. The number of nitrogens with zero attached hydrogens (tertiary/aromatic N) is 2. The lowest BCUT2D eigenvalue weighted by Crippen LogP contribution is -2.04. The molecule has 0 aliphatic rings. The highest BCUT2D eigenvalue weighted by Crippen LogP contribution is 2.29. The first-order valence-electron chi connectivity index (χ1n) is 5.65. The maximum atomic E-state index is 11.6. The molecule has 6 nitrogen and oxygen atoms in total. The first kappa shape index (κ1) is 12.9. The zero-order valence-electron chi connectivity index (χ0n) is 10.8. The van der Waals surface area contributed by atoms with E-state index in [1.54, 1.807) is 22.8 Å². The Morgan fingerprint density at radius 2 is 2.26 bits per heavy atom. The van der Waals surface area contributed by atoms with Gasteiger partial charge in [-0.05, 0) is 12.1 Å². The van der Waals surface area contributed by atoms with Gasteiger partial charge in [-0.2, -0.15) is 0 Å². The Hall–Kier alpha value is -2.50. The molecule has 0 radical (unpaired) electrons. The number of ether oxygens (including phenoxy) is 2. The van der Waals surface area contributed by atoms with Gasteiger partial charge >= 0.3 is 5.97 Å². The number of rotatable bonds is 4. The van der Waals surface area contributed by atoms with Gasteiger partial charge in [0.15, 0.2) is 0 Å². The summed E-state index contributed by atoms with van der Waals surface area (Å²) in [5.41, 5.74) is 7.54. The topological polar surface area (TPSA) is 79.4 Å². The second kappa shape index (κ2) is 5.01. The van der Waals surface area contributed by atoms with Crippen LogP contribution in [0.5, 0.6) is 5.75 Å². The monoisotopic (exact) mass is 261 g/mol. The third kappa shape index (κ3) is 2.12. The third-order valence-corrected chi connectivity index (χ3v) is 2.79. The van der Waals surface area contributed by atoms with Crippen LogP contribution in [0.1, 0.15) is 10.4 Å². The maximum absolute atomic E-state index is 11.6. The van der Waals surface area contributed by atoms with Gasteiger partial charge < -0.3 is 19.8 Å². The highest BCUT2D eigenvalue weighted by Gasteiger charge is 2.17. The van der Waals surface area contributed by atoms with Gasteiger partial charge in [0.1, 0.15) is 11.3 Å². The number of allylic oxidation sites excluding steroid dienone is 1. The van der Waals surface area contributed by atoms with Gasteiger partial charge in [0.25, 0.3) is 0 Å². The van der Waals surface area contributed by atoms with E-state index < -0.39 is 5.97 Å². The molecule has 0 spiro atoms. The summed E-state index contributed by atoms with van der Waals surface area (Å²) in [7, 11) is 2.85. The van der Waals surface area contributed by atoms with Crippen molar-refractivity contribution in [3.05, 3.63) is 30.4 Å². The number of carbonyl (C=O) groups is 1. The Labute approximate surface area is 110 Å². The summed E-state index contributed by atoms with van der Waals surface area (Å²) < 4.78 is 11.8. The number of hydrogen-bond donors (Lipinski definition) is 1. The average molecular weight is 261 g/mol. The van der Waals surface area contributed by atoms with E-state index in [0.29, 0.717) is 29.3 Å². The first-order chi connectivity index (χ1) is 9.12. The van der Waals surface area contributed by atoms with Crippen molar-refractivity contribution in [3.8, 4) is 5.75 Å². The van der Waals surface area contributed by atoms with Crippen molar-refractivity contribution < 1.29 is 14.3 Å². The molecule has 1 aromatic heterocycles. The number of nitrogens with two attached hydrogens (primary N) is 1. The van der Waals surface area contributed by atoms with Crippen molar-refractivity contribution >= 4 is 23.0 Å². The fourth-order valence-electron chi connectivity index (χ4n) is 1.95. The van der Waals surface area contributed by atoms with Gasteiger partial charge in [-0.15, -0.1) is 6.58 Å². The molecule has 0 saturated heterocycles. The van der Waals surface area contributed by atoms with Crippen LogP contribution in [-0.2, 0) is 11.3 Å². The SMILES string of the molecule is C=CCn1c(N)nc2cc(C(=O)OC)cc(OC)c21. The van der Waals surface area contributed by atoms with Crippen LogP contribution >= 0.6 is 0 Å². The predicted molar refractivity (Wildman–Crippen MR) is 72.2 cm³/mol. The Morgan fingerprint density at radius 3 is 2.84 bits per heavy atom. The summed E-state index contributed by atoms with van der Waals surface area (Å²) in [6.07, 6.45) is 1.71. The van der Waals surface area contributed by atoms with Crippen LogP contribution in [0.3, 0.4) is 0 Å². The number of aromatic nitrogens is 2. The molecule has 1 heterocycles. The van der Waals surface area contributed by atoms with Crippen molar-refractivity contribution in [1.29, 1.82) is 0 Å². The van der Waals surface area contributed by atoms with E-state index in [9.17, 15) is 4.79 Å². The lowest BCUT2D eigenvalue weighted by atomic mass is 10.2. The molecule has 100 valence electrons. The minimum Gasteiger partial charge on any atom is -0.494 e. The number of nitrogen functional groups attached to an aromatic ring is 1. The quantitative estimate of drug-likeness (QED) is 0.668. The highest BCUT2D eigenvalue weighted by molar-refractivity contribution is 5.96. The van der Waals surface area contributed by atoms with Gasteiger partial charge in [-0.1, -0.05) is 6.08 Å². The van der Waals surface area contributed by atoms with E-state index in [4.69, 9.17) is 15.2 Å². The van der Waals surface area contributed by atoms with Crippen molar-refractivity contribution in [2.45, 2.75) is 6.54 Å². The molecular formula is C13H15N3O3. The molecule has 0 bridgehead atoms. The number of benzene rings is 1. The van der Waals surface area contributed by atoms with Crippen molar-refractivity contribution in [1.82, 2.24) is 9.55 Å². The fraction of sp³-hybridized carbons (Fsp3) is 0.231. The molecule has 0 saturated carbocycles. The van der Waals surface area contributed by atoms with Gasteiger partial charge in [0, 0.05) is 6.54 Å². The summed E-state index contributed by atoms with van der Waals surface area (Å²) in [5.74, 6) is 0.413. The zero-order chi connectivity index (χ0) is 14.0. The van der Waals surface area contributed by atoms with Crippen LogP contribution in [0.2, 0.25) is 0 Å². The van der Waals surface area contributed by atoms with Crippen LogP contribution < -0.4 is 10.5 Å². The second-order valence-electron chi connectivity index (χ2n) is 3.91. The van der Waals surface area contributed by atoms with Crippen molar-refractivity contribution in [2.75, 3.05) is 20.0 Å². The molecule has 1 aromatic carbocycles. The Kier molecular flexibility index (Phi) is 3.41. The van der Waals surface area contributed by atoms with Crippen LogP contribution in [0.15, 0.2) is 24.8 Å². The molecule has 2 aromatic rings. The summed E-state index contributed by atoms with van der Waals surface area (Å²) in [6, 6.07) is 3.23. The lowest BCUT2D eigenvalue weighted by Gasteiger charge is -2.08. The van der Waals surface area contributed by atoms with E-state index in [2.05, 4.69) is 11.6 Å². The number of esters is 1. The molecule has 2 rings (SSSR count). The largest absolute Gasteiger partial charge is 0.494 e. The number of imidazole rings is 1. The van der Waals surface area contributed by atoms with Crippen molar-refractivity contribution in [2.24, 2.45) is 0 Å². The first-order valence-corrected chi connectivity index (χ1v) is 5.65. The van der Waals surface area contributed by atoms with Gasteiger partial charge in [0.2, 0.25) is 5.95 Å². The number of anilines is 1. The molecule has 0 aliphatic carbocycles. The number of hydrogen-bond acceptors (Lipinski definition) is 5. The van der Waals surface area contributed by atoms with E-state index in [1.165, 1.54) is 14.2 Å². The number of methoxy groups -OCH3 is 2. The zero-order valence-corrected chi connectivity index (χ0v) is 10.8. The highest BCUT2D eigenvalue weighted by atomic mass is 16.5. The van der Waals surface area contributed by atoms with Gasteiger partial charge in [-0.3, -0.25) is 0 Å². The molecule has 0 aliphatic heterocycles. The molecule has 0 fully saturated rings. The molecule has 0 atom stereocenters. The molecule has 6 heteroatoms. The molecule has 0 unspecified atom stereocenters.